The van der Waals surface area contributed by atoms with Crippen LogP contribution in [0.1, 0.15) is 22.9 Å². The van der Waals surface area contributed by atoms with Gasteiger partial charge in [0.15, 0.2) is 0 Å². The molecule has 0 aliphatic carbocycles. The Morgan fingerprint density at radius 3 is 2.91 bits per heavy atom. The van der Waals surface area contributed by atoms with Gasteiger partial charge in [-0.05, 0) is 35.7 Å². The monoisotopic (exact) mass is 427 g/mol. The Labute approximate surface area is 185 Å². The fraction of sp³-hybridized carbons (Fsp3) is 0.200. The predicted molar refractivity (Wildman–Crippen MR) is 125 cm³/mol. The van der Waals surface area contributed by atoms with Gasteiger partial charge in [0, 0.05) is 42.4 Å². The van der Waals surface area contributed by atoms with Crippen molar-refractivity contribution in [2.45, 2.75) is 18.9 Å². The maximum atomic E-state index is 9.41. The number of aromatic amines is 1. The standard InChI is InChI=1S/C25H25N5O2/c1-32-21-12-19(15-26-16-21)28-23(24-13-20-6-2-3-9-30(20)29-24)11-18-14-27-25-17(8-10-31)5-4-7-22(18)25/h2-7,9,12-16,23,27-28,31H,8,10-11H2,1H3. The Morgan fingerprint density at radius 2 is 2.06 bits per heavy atom. The van der Waals surface area contributed by atoms with Gasteiger partial charge >= 0.3 is 0 Å². The highest BCUT2D eigenvalue weighted by Crippen LogP contribution is 2.29. The number of aromatic nitrogens is 4. The summed E-state index contributed by atoms with van der Waals surface area (Å²) >= 11 is 0. The largest absolute Gasteiger partial charge is 0.495 e. The van der Waals surface area contributed by atoms with Gasteiger partial charge in [-0.3, -0.25) is 4.98 Å². The Hall–Kier alpha value is -3.84. The first-order valence-electron chi connectivity index (χ1n) is 10.6. The van der Waals surface area contributed by atoms with Crippen molar-refractivity contribution in [2.24, 2.45) is 0 Å². The molecule has 5 aromatic rings. The maximum absolute atomic E-state index is 9.41. The number of rotatable bonds is 8. The summed E-state index contributed by atoms with van der Waals surface area (Å²) in [4.78, 5) is 7.69. The number of anilines is 1. The number of fused-ring (bicyclic) bond motifs is 2. The fourth-order valence-electron chi connectivity index (χ4n) is 4.16. The Bertz CT molecular complexity index is 1320. The van der Waals surface area contributed by atoms with Gasteiger partial charge in [0.05, 0.1) is 42.4 Å². The number of hydrogen-bond acceptors (Lipinski definition) is 5. The minimum absolute atomic E-state index is 0.0793. The molecule has 0 saturated carbocycles. The van der Waals surface area contributed by atoms with Crippen molar-refractivity contribution < 1.29 is 9.84 Å². The number of benzene rings is 1. The van der Waals surface area contributed by atoms with E-state index in [9.17, 15) is 5.11 Å². The van der Waals surface area contributed by atoms with Crippen LogP contribution in [0.2, 0.25) is 0 Å². The van der Waals surface area contributed by atoms with Crippen molar-refractivity contribution in [1.82, 2.24) is 19.6 Å². The molecular weight excluding hydrogens is 402 g/mol. The van der Waals surface area contributed by atoms with E-state index in [4.69, 9.17) is 9.84 Å². The summed E-state index contributed by atoms with van der Waals surface area (Å²) in [6.07, 6.45) is 8.84. The van der Waals surface area contributed by atoms with Crippen molar-refractivity contribution >= 4 is 22.1 Å². The Kier molecular flexibility index (Phi) is 5.47. The van der Waals surface area contributed by atoms with Crippen LogP contribution in [0, 0.1) is 0 Å². The molecule has 1 atom stereocenters. The number of aliphatic hydroxyl groups is 1. The van der Waals surface area contributed by atoms with Crippen LogP contribution in [0.4, 0.5) is 5.69 Å². The molecular formula is C25H25N5O2. The lowest BCUT2D eigenvalue weighted by molar-refractivity contribution is 0.300. The van der Waals surface area contributed by atoms with Gasteiger partial charge in [-0.1, -0.05) is 24.3 Å². The molecule has 0 amide bonds. The number of pyridine rings is 2. The highest BCUT2D eigenvalue weighted by molar-refractivity contribution is 5.86. The molecule has 0 bridgehead atoms. The van der Waals surface area contributed by atoms with E-state index in [1.807, 2.05) is 41.0 Å². The number of H-pyrrole nitrogens is 1. The molecule has 0 saturated heterocycles. The number of para-hydroxylation sites is 1. The molecule has 4 aromatic heterocycles. The molecule has 3 N–H and O–H groups in total. The second kappa shape index (κ2) is 8.72. The van der Waals surface area contributed by atoms with Gasteiger partial charge in [0.25, 0.3) is 0 Å². The normalized spacial score (nSPS) is 12.3. The van der Waals surface area contributed by atoms with E-state index in [0.29, 0.717) is 12.2 Å². The molecule has 7 nitrogen and oxygen atoms in total. The van der Waals surface area contributed by atoms with Crippen molar-refractivity contribution in [3.63, 3.8) is 0 Å². The summed E-state index contributed by atoms with van der Waals surface area (Å²) in [6, 6.07) is 16.2. The van der Waals surface area contributed by atoms with E-state index >= 15 is 0 Å². The SMILES string of the molecule is COc1cncc(NC(Cc2c[nH]c3c(CCO)cccc23)c2cc3ccccn3n2)c1. The fourth-order valence-corrected chi connectivity index (χ4v) is 4.16. The van der Waals surface area contributed by atoms with E-state index in [-0.39, 0.29) is 12.6 Å². The highest BCUT2D eigenvalue weighted by atomic mass is 16.5. The van der Waals surface area contributed by atoms with Crippen LogP contribution in [0.5, 0.6) is 5.75 Å². The third kappa shape index (κ3) is 3.90. The number of nitrogens with one attached hydrogen (secondary N) is 2. The predicted octanol–water partition coefficient (Wildman–Crippen LogP) is 4.15. The molecule has 0 aliphatic rings. The number of aliphatic hydroxyl groups excluding tert-OH is 1. The van der Waals surface area contributed by atoms with Crippen LogP contribution >= 0.6 is 0 Å². The molecule has 0 fully saturated rings. The smallest absolute Gasteiger partial charge is 0.139 e. The van der Waals surface area contributed by atoms with Crippen LogP contribution in [-0.2, 0) is 12.8 Å². The molecule has 32 heavy (non-hydrogen) atoms. The summed E-state index contributed by atoms with van der Waals surface area (Å²) in [7, 11) is 1.64. The topological polar surface area (TPSA) is 87.5 Å². The molecule has 0 spiro atoms. The van der Waals surface area contributed by atoms with Crippen LogP contribution in [0.3, 0.4) is 0 Å². The molecule has 0 aliphatic heterocycles. The second-order valence-corrected chi connectivity index (χ2v) is 7.78. The summed E-state index contributed by atoms with van der Waals surface area (Å²) in [5.74, 6) is 0.699. The molecule has 1 unspecified atom stereocenters. The van der Waals surface area contributed by atoms with E-state index in [1.165, 1.54) is 5.56 Å². The maximum Gasteiger partial charge on any atom is 0.139 e. The molecule has 0 radical (unpaired) electrons. The molecule has 7 heteroatoms. The van der Waals surface area contributed by atoms with Gasteiger partial charge < -0.3 is 20.1 Å². The van der Waals surface area contributed by atoms with Crippen LogP contribution in [0.25, 0.3) is 16.4 Å². The van der Waals surface area contributed by atoms with Crippen LogP contribution < -0.4 is 10.1 Å². The first kappa shape index (κ1) is 20.1. The summed E-state index contributed by atoms with van der Waals surface area (Å²) in [5, 5.41) is 19.0. The quantitative estimate of drug-likeness (QED) is 0.346. The number of ether oxygens (including phenoxy) is 1. The van der Waals surface area contributed by atoms with Crippen LogP contribution in [0.15, 0.2) is 73.3 Å². The van der Waals surface area contributed by atoms with Gasteiger partial charge in [-0.15, -0.1) is 0 Å². The molecule has 162 valence electrons. The van der Waals surface area contributed by atoms with Crippen molar-refractivity contribution in [3.8, 4) is 5.75 Å². The van der Waals surface area contributed by atoms with Crippen molar-refractivity contribution in [2.75, 3.05) is 19.0 Å². The van der Waals surface area contributed by atoms with Gasteiger partial charge in [0.2, 0.25) is 0 Å². The third-order valence-electron chi connectivity index (χ3n) is 5.73. The minimum Gasteiger partial charge on any atom is -0.495 e. The highest BCUT2D eigenvalue weighted by Gasteiger charge is 2.19. The Morgan fingerprint density at radius 1 is 1.12 bits per heavy atom. The summed E-state index contributed by atoms with van der Waals surface area (Å²) in [5.41, 5.74) is 6.23. The zero-order valence-corrected chi connectivity index (χ0v) is 17.8. The van der Waals surface area contributed by atoms with Gasteiger partial charge in [-0.25, -0.2) is 4.52 Å². The van der Waals surface area contributed by atoms with Gasteiger partial charge in [0.1, 0.15) is 5.75 Å². The van der Waals surface area contributed by atoms with Crippen LogP contribution in [-0.4, -0.2) is 38.4 Å². The van der Waals surface area contributed by atoms with E-state index < -0.39 is 0 Å². The molecule has 5 rings (SSSR count). The first-order valence-corrected chi connectivity index (χ1v) is 10.6. The lowest BCUT2D eigenvalue weighted by Gasteiger charge is -2.18. The average molecular weight is 428 g/mol. The van der Waals surface area contributed by atoms with Gasteiger partial charge in [-0.2, -0.15) is 5.10 Å². The lowest BCUT2D eigenvalue weighted by Crippen LogP contribution is -2.14. The Balaban J connectivity index is 1.53. The number of nitrogens with zero attached hydrogens (tertiary/aromatic N) is 3. The minimum atomic E-state index is -0.0793. The molecule has 1 aromatic carbocycles. The zero-order chi connectivity index (χ0) is 21.9. The number of hydrogen-bond donors (Lipinski definition) is 3. The third-order valence-corrected chi connectivity index (χ3v) is 5.73. The average Bonchev–Trinajstić information content (AvgIpc) is 3.44. The number of methoxy groups -OCH3 is 1. The van der Waals surface area contributed by atoms with E-state index in [1.54, 1.807) is 19.5 Å². The lowest BCUT2D eigenvalue weighted by atomic mass is 10.0. The van der Waals surface area contributed by atoms with Crippen molar-refractivity contribution in [1.29, 1.82) is 0 Å². The van der Waals surface area contributed by atoms with E-state index in [2.05, 4.69) is 39.7 Å². The molecule has 4 heterocycles. The zero-order valence-electron chi connectivity index (χ0n) is 17.8. The van der Waals surface area contributed by atoms with E-state index in [0.717, 1.165) is 39.8 Å². The first-order chi connectivity index (χ1) is 15.7. The second-order valence-electron chi connectivity index (χ2n) is 7.78. The summed E-state index contributed by atoms with van der Waals surface area (Å²) in [6.45, 7) is 0.127. The summed E-state index contributed by atoms with van der Waals surface area (Å²) < 4.78 is 7.23. The van der Waals surface area contributed by atoms with Crippen molar-refractivity contribution in [3.05, 3.63) is 90.1 Å².